The van der Waals surface area contributed by atoms with Gasteiger partial charge in [-0.25, -0.2) is 0 Å². The van der Waals surface area contributed by atoms with Crippen LogP contribution in [0.1, 0.15) is 251 Å². The van der Waals surface area contributed by atoms with Crippen molar-refractivity contribution < 1.29 is 15.0 Å². The summed E-state index contributed by atoms with van der Waals surface area (Å²) in [4.78, 5) is 12.4. The van der Waals surface area contributed by atoms with Crippen LogP contribution in [0.3, 0.4) is 0 Å². The van der Waals surface area contributed by atoms with E-state index in [2.05, 4.69) is 116 Å². The van der Waals surface area contributed by atoms with E-state index in [9.17, 15) is 15.0 Å². The zero-order valence-electron chi connectivity index (χ0n) is 42.7. The van der Waals surface area contributed by atoms with Gasteiger partial charge in [-0.1, -0.05) is 264 Å². The number of rotatable bonds is 49. The summed E-state index contributed by atoms with van der Waals surface area (Å²) in [6, 6.07) is -0.647. The van der Waals surface area contributed by atoms with E-state index < -0.39 is 12.1 Å². The van der Waals surface area contributed by atoms with E-state index in [1.165, 1.54) is 154 Å². The van der Waals surface area contributed by atoms with Crippen molar-refractivity contribution in [3.8, 4) is 0 Å². The maximum Gasteiger partial charge on any atom is 0.220 e. The number of hydrogen-bond donors (Lipinski definition) is 3. The Morgan fingerprint density at radius 3 is 1.08 bits per heavy atom. The molecule has 0 spiro atoms. The molecule has 0 fully saturated rings. The predicted molar refractivity (Wildman–Crippen MR) is 289 cm³/mol. The lowest BCUT2D eigenvalue weighted by Gasteiger charge is -2.19. The molecule has 0 rings (SSSR count). The molecule has 0 aliphatic carbocycles. The minimum Gasteiger partial charge on any atom is -0.394 e. The van der Waals surface area contributed by atoms with Crippen LogP contribution < -0.4 is 5.32 Å². The zero-order chi connectivity index (χ0) is 47.0. The fourth-order valence-corrected chi connectivity index (χ4v) is 7.79. The van der Waals surface area contributed by atoms with E-state index in [0.717, 1.165) is 77.0 Å². The molecular weight excluding hydrogens is 795 g/mol. The van der Waals surface area contributed by atoms with Crippen LogP contribution in [0.2, 0.25) is 0 Å². The Morgan fingerprint density at radius 1 is 0.385 bits per heavy atom. The predicted octanol–water partition coefficient (Wildman–Crippen LogP) is 18.3. The van der Waals surface area contributed by atoms with E-state index in [-0.39, 0.29) is 12.5 Å². The maximum atomic E-state index is 12.4. The van der Waals surface area contributed by atoms with Crippen LogP contribution in [0.5, 0.6) is 0 Å². The van der Waals surface area contributed by atoms with Gasteiger partial charge in [0.25, 0.3) is 0 Å². The van der Waals surface area contributed by atoms with Gasteiger partial charge in [-0.3, -0.25) is 4.79 Å². The summed E-state index contributed by atoms with van der Waals surface area (Å²) in [5.41, 5.74) is 0. The van der Waals surface area contributed by atoms with Crippen molar-refractivity contribution in [1.29, 1.82) is 0 Å². The Bertz CT molecular complexity index is 1250. The monoisotopic (exact) mass is 900 g/mol. The summed E-state index contributed by atoms with van der Waals surface area (Å²) in [5.74, 6) is -0.0797. The highest BCUT2D eigenvalue weighted by Crippen LogP contribution is 2.16. The van der Waals surface area contributed by atoms with Crippen LogP contribution in [0.4, 0.5) is 0 Å². The summed E-state index contributed by atoms with van der Waals surface area (Å²) in [5, 5.41) is 23.0. The fourth-order valence-electron chi connectivity index (χ4n) is 7.79. The van der Waals surface area contributed by atoms with E-state index >= 15 is 0 Å². The minimum absolute atomic E-state index is 0.0797. The zero-order valence-corrected chi connectivity index (χ0v) is 42.7. The quantitative estimate of drug-likeness (QED) is 0.0421. The lowest BCUT2D eigenvalue weighted by molar-refractivity contribution is -0.123. The maximum absolute atomic E-state index is 12.4. The van der Waals surface area contributed by atoms with Gasteiger partial charge in [0.1, 0.15) is 0 Å². The normalized spacial score (nSPS) is 13.7. The highest BCUT2D eigenvalue weighted by Gasteiger charge is 2.17. The number of carbonyl (C=O) groups is 1. The molecule has 0 saturated heterocycles. The third-order valence-corrected chi connectivity index (χ3v) is 12.0. The number of nitrogens with one attached hydrogen (secondary N) is 1. The van der Waals surface area contributed by atoms with Gasteiger partial charge >= 0.3 is 0 Å². The highest BCUT2D eigenvalue weighted by atomic mass is 16.3. The van der Waals surface area contributed by atoms with E-state index in [1.807, 2.05) is 6.08 Å². The molecule has 0 aliphatic heterocycles. The third kappa shape index (κ3) is 51.9. The van der Waals surface area contributed by atoms with Crippen molar-refractivity contribution in [3.63, 3.8) is 0 Å². The van der Waals surface area contributed by atoms with Crippen molar-refractivity contribution in [1.82, 2.24) is 5.32 Å². The lowest BCUT2D eigenvalue weighted by atomic mass is 10.0. The van der Waals surface area contributed by atoms with Crippen LogP contribution in [0.25, 0.3) is 0 Å². The molecule has 4 nitrogen and oxygen atoms in total. The lowest BCUT2D eigenvalue weighted by Crippen LogP contribution is -2.45. The van der Waals surface area contributed by atoms with Gasteiger partial charge < -0.3 is 15.5 Å². The topological polar surface area (TPSA) is 69.6 Å². The van der Waals surface area contributed by atoms with Gasteiger partial charge in [-0.2, -0.15) is 0 Å². The molecule has 0 aliphatic rings. The van der Waals surface area contributed by atoms with Crippen molar-refractivity contribution in [3.05, 3.63) is 109 Å². The molecule has 65 heavy (non-hydrogen) atoms. The second kappa shape index (κ2) is 55.4. The summed E-state index contributed by atoms with van der Waals surface area (Å²) in [6.45, 7) is 4.12. The molecule has 3 N–H and O–H groups in total. The average molecular weight is 901 g/mol. The van der Waals surface area contributed by atoms with Gasteiger partial charge in [0.15, 0.2) is 0 Å². The van der Waals surface area contributed by atoms with Crippen LogP contribution in [0, 0.1) is 0 Å². The minimum atomic E-state index is -0.872. The number of unbranched alkanes of at least 4 members (excludes halogenated alkanes) is 26. The molecule has 372 valence electrons. The first kappa shape index (κ1) is 62.1. The van der Waals surface area contributed by atoms with Gasteiger partial charge in [0.05, 0.1) is 18.8 Å². The second-order valence-corrected chi connectivity index (χ2v) is 18.2. The van der Waals surface area contributed by atoms with Crippen LogP contribution in [0.15, 0.2) is 109 Å². The van der Waals surface area contributed by atoms with Crippen LogP contribution in [-0.4, -0.2) is 34.9 Å². The van der Waals surface area contributed by atoms with Crippen molar-refractivity contribution in [2.24, 2.45) is 0 Å². The van der Waals surface area contributed by atoms with Crippen LogP contribution in [-0.2, 0) is 4.79 Å². The van der Waals surface area contributed by atoms with Gasteiger partial charge in [0.2, 0.25) is 5.91 Å². The smallest absolute Gasteiger partial charge is 0.220 e. The van der Waals surface area contributed by atoms with E-state index in [4.69, 9.17) is 0 Å². The van der Waals surface area contributed by atoms with Crippen molar-refractivity contribution >= 4 is 5.91 Å². The highest BCUT2D eigenvalue weighted by molar-refractivity contribution is 5.76. The first-order valence-corrected chi connectivity index (χ1v) is 27.6. The second-order valence-electron chi connectivity index (χ2n) is 18.2. The molecule has 0 heterocycles. The first-order valence-electron chi connectivity index (χ1n) is 27.6. The Labute approximate surface area is 404 Å². The summed E-state index contributed by atoms with van der Waals surface area (Å²) >= 11 is 0. The molecular formula is C61H105NO3. The number of allylic oxidation sites excluding steroid dienone is 17. The SMILES string of the molecule is CC/C=C\C/C=C\C/C=C\C/C=C\C/C=C\C/C=C\CCCCCCCCCCCCCCCCCCCCCCCCC(=O)NC(CO)C(O)/C=C/CC/C=C/CC/C=C/CCCC. The van der Waals surface area contributed by atoms with Crippen molar-refractivity contribution in [2.75, 3.05) is 6.61 Å². The summed E-state index contributed by atoms with van der Waals surface area (Å²) < 4.78 is 0. The Morgan fingerprint density at radius 2 is 0.692 bits per heavy atom. The molecule has 4 heteroatoms. The molecule has 0 radical (unpaired) electrons. The molecule has 0 aromatic carbocycles. The molecule has 0 aromatic heterocycles. The molecule has 2 atom stereocenters. The van der Waals surface area contributed by atoms with Gasteiger partial charge in [-0.05, 0) is 89.9 Å². The Kier molecular flexibility index (Phi) is 52.9. The number of aliphatic hydroxyl groups is 2. The number of amides is 1. The standard InChI is InChI=1S/C61H105NO3/c1-3-5-7-9-11-13-15-17-18-19-20-21-22-23-24-25-26-27-28-29-30-31-32-33-34-35-36-37-38-39-40-41-42-43-44-45-47-49-51-53-55-57-61(65)62-59(58-63)60(64)56-54-52-50-48-46-16-14-12-10-8-6-4-2/h5,7,10-13,17-18,20-21,23-24,26-27,46,48,54,56,59-60,63-64H,3-4,6,8-9,14-16,19,22,25,28-45,47,49-53,55,57-58H2,1-2H3,(H,62,65)/b7-5-,12-10+,13-11-,18-17-,21-20-,24-23-,27-26-,48-46+,56-54+. The molecule has 0 bridgehead atoms. The third-order valence-electron chi connectivity index (χ3n) is 12.0. The Hall–Kier alpha value is -2.95. The molecule has 0 saturated carbocycles. The largest absolute Gasteiger partial charge is 0.394 e. The number of carbonyl (C=O) groups excluding carboxylic acids is 1. The molecule has 1 amide bonds. The number of aliphatic hydroxyl groups excluding tert-OH is 2. The Balaban J connectivity index is 3.46. The van der Waals surface area contributed by atoms with Crippen LogP contribution >= 0.6 is 0 Å². The molecule has 2 unspecified atom stereocenters. The first-order chi connectivity index (χ1) is 32.2. The van der Waals surface area contributed by atoms with E-state index in [1.54, 1.807) is 6.08 Å². The number of hydrogen-bond acceptors (Lipinski definition) is 3. The average Bonchev–Trinajstić information content (AvgIpc) is 3.31. The summed E-state index contributed by atoms with van der Waals surface area (Å²) in [7, 11) is 0. The van der Waals surface area contributed by atoms with Gasteiger partial charge in [-0.15, -0.1) is 0 Å². The molecule has 0 aromatic rings. The van der Waals surface area contributed by atoms with Gasteiger partial charge in [0, 0.05) is 6.42 Å². The van der Waals surface area contributed by atoms with Crippen molar-refractivity contribution in [2.45, 2.75) is 264 Å². The summed E-state index contributed by atoms with van der Waals surface area (Å²) in [6.07, 6.45) is 84.0. The fraction of sp³-hybridized carbons (Fsp3) is 0.689. The van der Waals surface area contributed by atoms with E-state index in [0.29, 0.717) is 6.42 Å².